The van der Waals surface area contributed by atoms with Gasteiger partial charge < -0.3 is 5.32 Å². The molecule has 1 aromatic rings. The standard InChI is InChI=1S/C14H21N/c1-2-12-5-7-13(8-6-12)9-10-14-4-3-11-15-14/h5-8,14-15H,2-4,9-11H2,1H3. The SMILES string of the molecule is CCc1ccc(CCC2CCCN2)cc1. The lowest BCUT2D eigenvalue weighted by Gasteiger charge is -2.09. The second-order valence-corrected chi connectivity index (χ2v) is 4.50. The first-order valence-corrected chi connectivity index (χ1v) is 6.19. The van der Waals surface area contributed by atoms with Crippen molar-refractivity contribution in [2.45, 2.75) is 45.1 Å². The predicted octanol–water partition coefficient (Wildman–Crippen LogP) is 2.93. The van der Waals surface area contributed by atoms with Crippen molar-refractivity contribution in [3.8, 4) is 0 Å². The van der Waals surface area contributed by atoms with E-state index in [2.05, 4.69) is 36.5 Å². The molecule has 1 aliphatic heterocycles. The van der Waals surface area contributed by atoms with E-state index in [1.807, 2.05) is 0 Å². The maximum atomic E-state index is 3.55. The van der Waals surface area contributed by atoms with E-state index in [1.54, 1.807) is 0 Å². The highest BCUT2D eigenvalue weighted by molar-refractivity contribution is 5.22. The molecule has 1 heteroatoms. The summed E-state index contributed by atoms with van der Waals surface area (Å²) in [6, 6.07) is 9.87. The van der Waals surface area contributed by atoms with Gasteiger partial charge in [-0.1, -0.05) is 31.2 Å². The second-order valence-electron chi connectivity index (χ2n) is 4.50. The van der Waals surface area contributed by atoms with E-state index in [0.29, 0.717) is 0 Å². The van der Waals surface area contributed by atoms with E-state index in [9.17, 15) is 0 Å². The van der Waals surface area contributed by atoms with Crippen LogP contribution in [0.5, 0.6) is 0 Å². The fourth-order valence-corrected chi connectivity index (χ4v) is 2.29. The Balaban J connectivity index is 1.82. The largest absolute Gasteiger partial charge is 0.314 e. The number of aryl methyl sites for hydroxylation is 2. The number of benzene rings is 1. The molecule has 1 fully saturated rings. The third kappa shape index (κ3) is 3.07. The number of hydrogen-bond donors (Lipinski definition) is 1. The van der Waals surface area contributed by atoms with Crippen LogP contribution in [0.2, 0.25) is 0 Å². The molecule has 1 N–H and O–H groups in total. The molecule has 0 amide bonds. The maximum absolute atomic E-state index is 3.55. The van der Waals surface area contributed by atoms with E-state index >= 15 is 0 Å². The average Bonchev–Trinajstić information content (AvgIpc) is 2.80. The Morgan fingerprint density at radius 1 is 1.20 bits per heavy atom. The van der Waals surface area contributed by atoms with Crippen LogP contribution in [-0.2, 0) is 12.8 Å². The van der Waals surface area contributed by atoms with Crippen LogP contribution in [0.3, 0.4) is 0 Å². The van der Waals surface area contributed by atoms with Crippen LogP contribution in [0.1, 0.15) is 37.3 Å². The lowest BCUT2D eigenvalue weighted by molar-refractivity contribution is 0.559. The molecule has 1 aliphatic rings. The summed E-state index contributed by atoms with van der Waals surface area (Å²) in [5, 5.41) is 3.55. The van der Waals surface area contributed by atoms with Gasteiger partial charge in [0.2, 0.25) is 0 Å². The monoisotopic (exact) mass is 203 g/mol. The van der Waals surface area contributed by atoms with E-state index in [4.69, 9.17) is 0 Å². The fourth-order valence-electron chi connectivity index (χ4n) is 2.29. The van der Waals surface area contributed by atoms with E-state index in [-0.39, 0.29) is 0 Å². The van der Waals surface area contributed by atoms with Gasteiger partial charge in [0.15, 0.2) is 0 Å². The van der Waals surface area contributed by atoms with Crippen molar-refractivity contribution in [2.75, 3.05) is 6.54 Å². The first-order valence-electron chi connectivity index (χ1n) is 6.19. The third-order valence-corrected chi connectivity index (χ3v) is 3.38. The van der Waals surface area contributed by atoms with Crippen molar-refractivity contribution in [3.05, 3.63) is 35.4 Å². The molecule has 2 rings (SSSR count). The van der Waals surface area contributed by atoms with Gasteiger partial charge in [-0.15, -0.1) is 0 Å². The topological polar surface area (TPSA) is 12.0 Å². The fraction of sp³-hybridized carbons (Fsp3) is 0.571. The Labute approximate surface area is 92.9 Å². The second kappa shape index (κ2) is 5.32. The molecule has 82 valence electrons. The van der Waals surface area contributed by atoms with Crippen LogP contribution < -0.4 is 5.32 Å². The first kappa shape index (κ1) is 10.7. The minimum atomic E-state index is 0.774. The molecule has 1 nitrogen and oxygen atoms in total. The summed E-state index contributed by atoms with van der Waals surface area (Å²) in [7, 11) is 0. The lowest BCUT2D eigenvalue weighted by Crippen LogP contribution is -2.21. The molecule has 0 bridgehead atoms. The van der Waals surface area contributed by atoms with Crippen LogP contribution in [0, 0.1) is 0 Å². The van der Waals surface area contributed by atoms with Gasteiger partial charge in [-0.05, 0) is 49.8 Å². The molecule has 0 spiro atoms. The summed E-state index contributed by atoms with van der Waals surface area (Å²) in [5.41, 5.74) is 2.93. The van der Waals surface area contributed by atoms with E-state index < -0.39 is 0 Å². The summed E-state index contributed by atoms with van der Waals surface area (Å²) in [6.45, 7) is 3.43. The van der Waals surface area contributed by atoms with Crippen LogP contribution in [0.4, 0.5) is 0 Å². The van der Waals surface area contributed by atoms with Crippen LogP contribution in [0.15, 0.2) is 24.3 Å². The molecule has 15 heavy (non-hydrogen) atoms. The molecule has 1 unspecified atom stereocenters. The summed E-state index contributed by atoms with van der Waals surface area (Å²) in [6.07, 6.45) is 6.39. The molecule has 1 saturated heterocycles. The van der Waals surface area contributed by atoms with Gasteiger partial charge in [-0.3, -0.25) is 0 Å². The van der Waals surface area contributed by atoms with Crippen molar-refractivity contribution in [1.82, 2.24) is 5.32 Å². The zero-order valence-electron chi connectivity index (χ0n) is 9.63. The van der Waals surface area contributed by atoms with Gasteiger partial charge in [0.1, 0.15) is 0 Å². The molecule has 1 heterocycles. The predicted molar refractivity (Wildman–Crippen MR) is 65.2 cm³/mol. The highest BCUT2D eigenvalue weighted by Crippen LogP contribution is 2.13. The normalized spacial score (nSPS) is 20.7. The highest BCUT2D eigenvalue weighted by Gasteiger charge is 2.13. The molecular weight excluding hydrogens is 182 g/mol. The number of nitrogens with one attached hydrogen (secondary N) is 1. The Morgan fingerprint density at radius 3 is 2.53 bits per heavy atom. The van der Waals surface area contributed by atoms with Gasteiger partial charge in [-0.2, -0.15) is 0 Å². The smallest absolute Gasteiger partial charge is 0.00707 e. The highest BCUT2D eigenvalue weighted by atomic mass is 14.9. The van der Waals surface area contributed by atoms with Gasteiger partial charge in [0.25, 0.3) is 0 Å². The van der Waals surface area contributed by atoms with Crippen molar-refractivity contribution in [3.63, 3.8) is 0 Å². The molecular formula is C14H21N. The van der Waals surface area contributed by atoms with E-state index in [1.165, 1.54) is 43.4 Å². The summed E-state index contributed by atoms with van der Waals surface area (Å²) >= 11 is 0. The van der Waals surface area contributed by atoms with Crippen LogP contribution >= 0.6 is 0 Å². The quantitative estimate of drug-likeness (QED) is 0.793. The summed E-state index contributed by atoms with van der Waals surface area (Å²) < 4.78 is 0. The van der Waals surface area contributed by atoms with E-state index in [0.717, 1.165) is 12.5 Å². The summed E-state index contributed by atoms with van der Waals surface area (Å²) in [4.78, 5) is 0. The molecule has 0 radical (unpaired) electrons. The maximum Gasteiger partial charge on any atom is 0.00707 e. The van der Waals surface area contributed by atoms with Crippen molar-refractivity contribution in [1.29, 1.82) is 0 Å². The molecule has 0 aliphatic carbocycles. The zero-order valence-corrected chi connectivity index (χ0v) is 9.63. The minimum Gasteiger partial charge on any atom is -0.314 e. The summed E-state index contributed by atoms with van der Waals surface area (Å²) in [5.74, 6) is 0. The Morgan fingerprint density at radius 2 is 1.93 bits per heavy atom. The molecule has 1 aromatic carbocycles. The van der Waals surface area contributed by atoms with Gasteiger partial charge in [-0.25, -0.2) is 0 Å². The van der Waals surface area contributed by atoms with Crippen molar-refractivity contribution >= 4 is 0 Å². The molecule has 0 saturated carbocycles. The van der Waals surface area contributed by atoms with Crippen molar-refractivity contribution in [2.24, 2.45) is 0 Å². The van der Waals surface area contributed by atoms with Gasteiger partial charge >= 0.3 is 0 Å². The van der Waals surface area contributed by atoms with Gasteiger partial charge in [0, 0.05) is 6.04 Å². The molecule has 0 aromatic heterocycles. The van der Waals surface area contributed by atoms with Crippen LogP contribution in [0.25, 0.3) is 0 Å². The average molecular weight is 203 g/mol. The number of hydrogen-bond acceptors (Lipinski definition) is 1. The lowest BCUT2D eigenvalue weighted by atomic mass is 10.0. The third-order valence-electron chi connectivity index (χ3n) is 3.38. The zero-order chi connectivity index (χ0) is 10.5. The number of rotatable bonds is 4. The Bertz CT molecular complexity index is 283. The minimum absolute atomic E-state index is 0.774. The Kier molecular flexibility index (Phi) is 3.79. The molecule has 1 atom stereocenters. The van der Waals surface area contributed by atoms with Crippen LogP contribution in [-0.4, -0.2) is 12.6 Å². The van der Waals surface area contributed by atoms with Crippen molar-refractivity contribution < 1.29 is 0 Å². The Hall–Kier alpha value is -0.820. The van der Waals surface area contributed by atoms with Gasteiger partial charge in [0.05, 0.1) is 0 Å². The first-order chi connectivity index (χ1) is 7.38.